The quantitative estimate of drug-likeness (QED) is 0.872. The minimum Gasteiger partial charge on any atom is -0.444 e. The van der Waals surface area contributed by atoms with Crippen molar-refractivity contribution >= 4 is 6.09 Å². The molecule has 1 aromatic heterocycles. The van der Waals surface area contributed by atoms with Crippen LogP contribution in [0.15, 0.2) is 6.07 Å². The van der Waals surface area contributed by atoms with Gasteiger partial charge >= 0.3 is 6.09 Å². The van der Waals surface area contributed by atoms with Crippen LogP contribution in [0.5, 0.6) is 0 Å². The van der Waals surface area contributed by atoms with Crippen molar-refractivity contribution in [3.05, 3.63) is 17.5 Å². The second-order valence-electron chi connectivity index (χ2n) is 8.01. The molecule has 1 amide bonds. The summed E-state index contributed by atoms with van der Waals surface area (Å²) < 4.78 is 5.46. The molecular formula is C18H30N4O2. The maximum atomic E-state index is 12.1. The Morgan fingerprint density at radius 3 is 2.46 bits per heavy atom. The van der Waals surface area contributed by atoms with E-state index in [-0.39, 0.29) is 6.09 Å². The summed E-state index contributed by atoms with van der Waals surface area (Å²) in [6.45, 7) is 9.39. The Bertz CT molecular complexity index is 550. The first kappa shape index (κ1) is 17.3. The lowest BCUT2D eigenvalue weighted by atomic mass is 9.91. The molecule has 0 spiro atoms. The fourth-order valence-corrected chi connectivity index (χ4v) is 3.59. The molecule has 6 heteroatoms. The molecule has 2 N–H and O–H groups in total. The molecule has 0 atom stereocenters. The largest absolute Gasteiger partial charge is 0.444 e. The van der Waals surface area contributed by atoms with E-state index in [1.807, 2.05) is 25.7 Å². The zero-order chi connectivity index (χ0) is 17.2. The summed E-state index contributed by atoms with van der Waals surface area (Å²) in [6, 6.07) is 2.25. The van der Waals surface area contributed by atoms with Crippen LogP contribution in [0.25, 0.3) is 0 Å². The number of H-pyrrole nitrogens is 1. The van der Waals surface area contributed by atoms with Gasteiger partial charge in [-0.2, -0.15) is 5.10 Å². The Morgan fingerprint density at radius 1 is 1.17 bits per heavy atom. The predicted molar refractivity (Wildman–Crippen MR) is 93.2 cm³/mol. The molecule has 134 valence electrons. The molecule has 2 aliphatic heterocycles. The molecule has 0 saturated carbocycles. The summed E-state index contributed by atoms with van der Waals surface area (Å²) >= 11 is 0. The van der Waals surface area contributed by atoms with Gasteiger partial charge in [-0.15, -0.1) is 0 Å². The fraction of sp³-hybridized carbons (Fsp3) is 0.778. The van der Waals surface area contributed by atoms with Crippen molar-refractivity contribution in [2.24, 2.45) is 0 Å². The van der Waals surface area contributed by atoms with Gasteiger partial charge in [0.2, 0.25) is 0 Å². The zero-order valence-corrected chi connectivity index (χ0v) is 15.1. The van der Waals surface area contributed by atoms with Gasteiger partial charge in [0.05, 0.1) is 5.69 Å². The smallest absolute Gasteiger partial charge is 0.410 e. The predicted octanol–water partition coefficient (Wildman–Crippen LogP) is 2.99. The Kier molecular flexibility index (Phi) is 5.13. The first-order valence-electron chi connectivity index (χ1n) is 9.16. The first-order valence-corrected chi connectivity index (χ1v) is 9.16. The van der Waals surface area contributed by atoms with Gasteiger partial charge in [0.1, 0.15) is 5.60 Å². The van der Waals surface area contributed by atoms with Crippen molar-refractivity contribution in [3.63, 3.8) is 0 Å². The third kappa shape index (κ3) is 4.29. The SMILES string of the molecule is CC(C)(C)OC(=O)N1CCC(c2cc(C3CCNCC3)n[nH]2)CC1. The second kappa shape index (κ2) is 7.13. The Balaban J connectivity index is 1.53. The van der Waals surface area contributed by atoms with Gasteiger partial charge in [0, 0.05) is 30.6 Å². The number of piperidine rings is 2. The molecule has 3 heterocycles. The van der Waals surface area contributed by atoms with Crippen molar-refractivity contribution in [1.82, 2.24) is 20.4 Å². The average Bonchev–Trinajstić information content (AvgIpc) is 3.04. The second-order valence-corrected chi connectivity index (χ2v) is 8.01. The van der Waals surface area contributed by atoms with E-state index in [0.717, 1.165) is 39.0 Å². The van der Waals surface area contributed by atoms with Crippen LogP contribution >= 0.6 is 0 Å². The lowest BCUT2D eigenvalue weighted by Crippen LogP contribution is -2.41. The number of carbonyl (C=O) groups is 1. The molecule has 0 aliphatic carbocycles. The van der Waals surface area contributed by atoms with Crippen LogP contribution in [0, 0.1) is 0 Å². The summed E-state index contributed by atoms with van der Waals surface area (Å²) in [5, 5.41) is 11.2. The van der Waals surface area contributed by atoms with Gasteiger partial charge in [-0.25, -0.2) is 4.79 Å². The molecule has 0 aromatic carbocycles. The topological polar surface area (TPSA) is 70.2 Å². The first-order chi connectivity index (χ1) is 11.4. The number of hydrogen-bond acceptors (Lipinski definition) is 4. The normalized spacial score (nSPS) is 21.0. The highest BCUT2D eigenvalue weighted by Crippen LogP contribution is 2.31. The molecule has 0 radical (unpaired) electrons. The summed E-state index contributed by atoms with van der Waals surface area (Å²) in [6.07, 6.45) is 4.07. The maximum Gasteiger partial charge on any atom is 0.410 e. The molecule has 24 heavy (non-hydrogen) atoms. The van der Waals surface area contributed by atoms with Gasteiger partial charge in [0.15, 0.2) is 0 Å². The number of nitrogens with one attached hydrogen (secondary N) is 2. The molecule has 6 nitrogen and oxygen atoms in total. The van der Waals surface area contributed by atoms with Crippen LogP contribution in [0.2, 0.25) is 0 Å². The van der Waals surface area contributed by atoms with Gasteiger partial charge in [-0.3, -0.25) is 5.10 Å². The lowest BCUT2D eigenvalue weighted by Gasteiger charge is -2.33. The van der Waals surface area contributed by atoms with E-state index in [1.165, 1.54) is 24.2 Å². The van der Waals surface area contributed by atoms with Gasteiger partial charge in [0.25, 0.3) is 0 Å². The highest BCUT2D eigenvalue weighted by molar-refractivity contribution is 5.68. The van der Waals surface area contributed by atoms with E-state index < -0.39 is 5.60 Å². The molecule has 2 saturated heterocycles. The van der Waals surface area contributed by atoms with Crippen LogP contribution < -0.4 is 5.32 Å². The lowest BCUT2D eigenvalue weighted by molar-refractivity contribution is 0.0204. The molecule has 0 bridgehead atoms. The summed E-state index contributed by atoms with van der Waals surface area (Å²) in [4.78, 5) is 14.0. The van der Waals surface area contributed by atoms with E-state index in [0.29, 0.717) is 11.8 Å². The van der Waals surface area contributed by atoms with Crippen molar-refractivity contribution in [2.45, 2.75) is 63.9 Å². The molecule has 1 aromatic rings. The van der Waals surface area contributed by atoms with Gasteiger partial charge in [-0.1, -0.05) is 0 Å². The van der Waals surface area contributed by atoms with Crippen LogP contribution in [-0.4, -0.2) is 53.0 Å². The number of ether oxygens (including phenoxy) is 1. The van der Waals surface area contributed by atoms with Crippen molar-refractivity contribution in [3.8, 4) is 0 Å². The Labute approximate surface area is 144 Å². The molecule has 2 fully saturated rings. The van der Waals surface area contributed by atoms with Crippen molar-refractivity contribution in [2.75, 3.05) is 26.2 Å². The number of nitrogens with zero attached hydrogens (tertiary/aromatic N) is 2. The van der Waals surface area contributed by atoms with E-state index in [2.05, 4.69) is 21.6 Å². The highest BCUT2D eigenvalue weighted by atomic mass is 16.6. The van der Waals surface area contributed by atoms with Gasteiger partial charge in [-0.05, 0) is 65.6 Å². The number of aromatic nitrogens is 2. The Morgan fingerprint density at radius 2 is 1.83 bits per heavy atom. The van der Waals surface area contributed by atoms with Crippen LogP contribution in [0.1, 0.15) is 69.7 Å². The van der Waals surface area contributed by atoms with E-state index in [4.69, 9.17) is 4.74 Å². The average molecular weight is 334 g/mol. The Hall–Kier alpha value is -1.56. The summed E-state index contributed by atoms with van der Waals surface area (Å²) in [5.74, 6) is 1.05. The minimum atomic E-state index is -0.430. The van der Waals surface area contributed by atoms with Crippen LogP contribution in [-0.2, 0) is 4.74 Å². The molecule has 3 rings (SSSR count). The van der Waals surface area contributed by atoms with Crippen molar-refractivity contribution in [1.29, 1.82) is 0 Å². The maximum absolute atomic E-state index is 12.1. The summed E-state index contributed by atoms with van der Waals surface area (Å²) in [7, 11) is 0. The minimum absolute atomic E-state index is 0.194. The molecular weight excluding hydrogens is 304 g/mol. The van der Waals surface area contributed by atoms with Crippen LogP contribution in [0.3, 0.4) is 0 Å². The van der Waals surface area contributed by atoms with E-state index in [9.17, 15) is 4.79 Å². The van der Waals surface area contributed by atoms with Gasteiger partial charge < -0.3 is 15.0 Å². The standard InChI is InChI=1S/C18H30N4O2/c1-18(2,3)24-17(23)22-10-6-14(7-11-22)16-12-15(20-21-16)13-4-8-19-9-5-13/h12-14,19H,4-11H2,1-3H3,(H,20,21). The number of hydrogen-bond donors (Lipinski definition) is 2. The number of amides is 1. The van der Waals surface area contributed by atoms with Crippen molar-refractivity contribution < 1.29 is 9.53 Å². The monoisotopic (exact) mass is 334 g/mol. The number of rotatable bonds is 2. The highest BCUT2D eigenvalue weighted by Gasteiger charge is 2.28. The molecule has 2 aliphatic rings. The number of likely N-dealkylation sites (tertiary alicyclic amines) is 1. The van der Waals surface area contributed by atoms with E-state index in [1.54, 1.807) is 0 Å². The van der Waals surface area contributed by atoms with Crippen LogP contribution in [0.4, 0.5) is 4.79 Å². The molecule has 0 unspecified atom stereocenters. The fourth-order valence-electron chi connectivity index (χ4n) is 3.59. The summed E-state index contributed by atoms with van der Waals surface area (Å²) in [5.41, 5.74) is 2.01. The zero-order valence-electron chi connectivity index (χ0n) is 15.1. The van der Waals surface area contributed by atoms with E-state index >= 15 is 0 Å². The third-order valence-electron chi connectivity index (χ3n) is 4.96. The number of aromatic amines is 1. The third-order valence-corrected chi connectivity index (χ3v) is 4.96. The number of carbonyl (C=O) groups excluding carboxylic acids is 1.